The van der Waals surface area contributed by atoms with Crippen molar-refractivity contribution in [1.29, 1.82) is 0 Å². The molecule has 0 bridgehead atoms. The van der Waals surface area contributed by atoms with Gasteiger partial charge in [-0.2, -0.15) is 0 Å². The average Bonchev–Trinajstić information content (AvgIpc) is 2.74. The van der Waals surface area contributed by atoms with Crippen molar-refractivity contribution in [2.24, 2.45) is 11.8 Å². The lowest BCUT2D eigenvalue weighted by molar-refractivity contribution is 0.139. The first-order valence-electron chi connectivity index (χ1n) is 11.1. The second-order valence-electron chi connectivity index (χ2n) is 9.54. The molecule has 168 valence electrons. The molecule has 0 saturated carbocycles. The van der Waals surface area contributed by atoms with Crippen LogP contribution in [0.1, 0.15) is 41.0 Å². The first kappa shape index (κ1) is 25.6. The summed E-state index contributed by atoms with van der Waals surface area (Å²) in [6, 6.07) is 20.8. The zero-order valence-corrected chi connectivity index (χ0v) is 20.4. The first-order valence-corrected chi connectivity index (χ1v) is 13.0. The molecule has 3 N–H and O–H groups in total. The Labute approximate surface area is 188 Å². The van der Waals surface area contributed by atoms with Crippen LogP contribution in [-0.2, 0) is 4.43 Å². The molecular formula is C25H37BO4Si. The number of benzene rings is 2. The van der Waals surface area contributed by atoms with Crippen LogP contribution in [0, 0.1) is 11.8 Å². The predicted molar refractivity (Wildman–Crippen MR) is 132 cm³/mol. The normalized spacial score (nSPS) is 15.6. The van der Waals surface area contributed by atoms with E-state index < -0.39 is 15.4 Å². The van der Waals surface area contributed by atoms with Crippen LogP contribution in [0.5, 0.6) is 0 Å². The Bertz CT molecular complexity index is 766. The SMILES string of the molecule is CC(C[C@H](C)CO)[C@@H](/C=C/B(O)O)O[Si](c1ccccc1)(c1ccccc1)C(C)(C)C. The van der Waals surface area contributed by atoms with E-state index in [2.05, 4.69) is 76.2 Å². The molecule has 0 aliphatic rings. The van der Waals surface area contributed by atoms with Gasteiger partial charge in [0.1, 0.15) is 0 Å². The van der Waals surface area contributed by atoms with Gasteiger partial charge >= 0.3 is 7.12 Å². The van der Waals surface area contributed by atoms with Crippen molar-refractivity contribution in [2.75, 3.05) is 6.61 Å². The van der Waals surface area contributed by atoms with E-state index >= 15 is 0 Å². The fourth-order valence-electron chi connectivity index (χ4n) is 4.29. The average molecular weight is 440 g/mol. The van der Waals surface area contributed by atoms with Gasteiger partial charge in [0.15, 0.2) is 0 Å². The Kier molecular flexibility index (Phi) is 9.28. The molecule has 0 aliphatic carbocycles. The highest BCUT2D eigenvalue weighted by Crippen LogP contribution is 2.39. The minimum absolute atomic E-state index is 0.0822. The van der Waals surface area contributed by atoms with Gasteiger partial charge in [0.05, 0.1) is 6.10 Å². The summed E-state index contributed by atoms with van der Waals surface area (Å²) in [5, 5.41) is 30.7. The number of hydrogen-bond acceptors (Lipinski definition) is 4. The van der Waals surface area contributed by atoms with E-state index in [0.29, 0.717) is 0 Å². The van der Waals surface area contributed by atoms with E-state index in [1.807, 2.05) is 19.1 Å². The third-order valence-corrected chi connectivity index (χ3v) is 10.9. The maximum atomic E-state index is 9.57. The van der Waals surface area contributed by atoms with Gasteiger partial charge in [0.25, 0.3) is 8.32 Å². The molecule has 0 amide bonds. The van der Waals surface area contributed by atoms with Crippen LogP contribution in [0.4, 0.5) is 0 Å². The molecule has 0 radical (unpaired) electrons. The Morgan fingerprint density at radius 3 is 1.81 bits per heavy atom. The third-order valence-electron chi connectivity index (χ3n) is 5.85. The van der Waals surface area contributed by atoms with Crippen LogP contribution in [0.2, 0.25) is 5.04 Å². The van der Waals surface area contributed by atoms with E-state index in [0.717, 1.165) is 6.42 Å². The summed E-state index contributed by atoms with van der Waals surface area (Å²) >= 11 is 0. The summed E-state index contributed by atoms with van der Waals surface area (Å²) in [7, 11) is -4.32. The number of aliphatic hydroxyl groups is 1. The fraction of sp³-hybridized carbons (Fsp3) is 0.440. The van der Waals surface area contributed by atoms with E-state index in [1.165, 1.54) is 16.3 Å². The Hall–Kier alpha value is -1.70. The zero-order chi connectivity index (χ0) is 23.1. The number of aliphatic hydroxyl groups excluding tert-OH is 1. The van der Waals surface area contributed by atoms with Crippen molar-refractivity contribution in [3.8, 4) is 0 Å². The topological polar surface area (TPSA) is 69.9 Å². The number of rotatable bonds is 10. The van der Waals surface area contributed by atoms with Crippen molar-refractivity contribution >= 4 is 25.8 Å². The summed E-state index contributed by atoms with van der Waals surface area (Å²) in [4.78, 5) is 0. The smallest absolute Gasteiger partial charge is 0.424 e. The quantitative estimate of drug-likeness (QED) is 0.497. The van der Waals surface area contributed by atoms with Crippen LogP contribution in [0.3, 0.4) is 0 Å². The first-order chi connectivity index (χ1) is 14.6. The Balaban J connectivity index is 2.65. The highest BCUT2D eigenvalue weighted by Gasteiger charge is 2.51. The molecule has 0 aliphatic heterocycles. The van der Waals surface area contributed by atoms with Crippen molar-refractivity contribution in [3.63, 3.8) is 0 Å². The van der Waals surface area contributed by atoms with Crippen molar-refractivity contribution in [2.45, 2.75) is 52.2 Å². The highest BCUT2D eigenvalue weighted by atomic mass is 28.4. The largest absolute Gasteiger partial charge is 0.480 e. The summed E-state index contributed by atoms with van der Waals surface area (Å²) in [5.74, 6) is 1.59. The maximum Gasteiger partial charge on any atom is 0.480 e. The van der Waals surface area contributed by atoms with Gasteiger partial charge in [-0.1, -0.05) is 107 Å². The van der Waals surface area contributed by atoms with Crippen LogP contribution in [0.15, 0.2) is 72.7 Å². The zero-order valence-electron chi connectivity index (χ0n) is 19.4. The molecule has 0 saturated heterocycles. The van der Waals surface area contributed by atoms with Gasteiger partial charge in [0, 0.05) is 6.61 Å². The van der Waals surface area contributed by atoms with Crippen LogP contribution < -0.4 is 10.4 Å². The predicted octanol–water partition coefficient (Wildman–Crippen LogP) is 3.15. The monoisotopic (exact) mass is 440 g/mol. The molecule has 0 heterocycles. The lowest BCUT2D eigenvalue weighted by Gasteiger charge is -2.46. The molecule has 1 unspecified atom stereocenters. The van der Waals surface area contributed by atoms with Gasteiger partial charge in [-0.15, -0.1) is 0 Å². The molecule has 31 heavy (non-hydrogen) atoms. The van der Waals surface area contributed by atoms with Crippen molar-refractivity contribution < 1.29 is 19.6 Å². The lowest BCUT2D eigenvalue weighted by Crippen LogP contribution is -2.68. The Morgan fingerprint density at radius 2 is 1.42 bits per heavy atom. The molecule has 2 rings (SSSR count). The van der Waals surface area contributed by atoms with Crippen LogP contribution in [0.25, 0.3) is 0 Å². The van der Waals surface area contributed by atoms with Gasteiger partial charge in [-0.3, -0.25) is 0 Å². The Morgan fingerprint density at radius 1 is 0.935 bits per heavy atom. The second kappa shape index (κ2) is 11.3. The van der Waals surface area contributed by atoms with Gasteiger partial charge < -0.3 is 19.6 Å². The molecule has 6 heteroatoms. The van der Waals surface area contributed by atoms with Crippen LogP contribution >= 0.6 is 0 Å². The molecule has 0 aromatic heterocycles. The number of hydrogen-bond donors (Lipinski definition) is 3. The summed E-state index contributed by atoms with van der Waals surface area (Å²) in [6.45, 7) is 10.9. The molecule has 0 spiro atoms. The van der Waals surface area contributed by atoms with Gasteiger partial charge in [0.2, 0.25) is 0 Å². The second-order valence-corrected chi connectivity index (χ2v) is 13.8. The highest BCUT2D eigenvalue weighted by molar-refractivity contribution is 6.99. The molecule has 0 fully saturated rings. The van der Waals surface area contributed by atoms with Crippen LogP contribution in [-0.4, -0.2) is 43.3 Å². The van der Waals surface area contributed by atoms with Crippen molar-refractivity contribution in [1.82, 2.24) is 0 Å². The fourth-order valence-corrected chi connectivity index (χ4v) is 9.03. The molecule has 2 aromatic rings. The molecular weight excluding hydrogens is 403 g/mol. The standard InChI is InChI=1S/C25H37BO4Si/c1-20(19-27)18-21(2)24(16-17-26(28)29)30-31(25(3,4)5,22-12-8-6-9-13-22)23-14-10-7-11-15-23/h6-17,20-21,24,27-29H,18-19H2,1-5H3/b17-16+/t20-,21?,24+/m0/s1. The van der Waals surface area contributed by atoms with Gasteiger partial charge in [-0.25, -0.2) is 0 Å². The lowest BCUT2D eigenvalue weighted by atomic mass is 9.87. The molecule has 4 nitrogen and oxygen atoms in total. The summed E-state index contributed by atoms with van der Waals surface area (Å²) in [6.07, 6.45) is 2.21. The molecule has 2 aromatic carbocycles. The van der Waals surface area contributed by atoms with E-state index in [4.69, 9.17) is 4.43 Å². The van der Waals surface area contributed by atoms with Gasteiger partial charge in [-0.05, 0) is 33.7 Å². The third kappa shape index (κ3) is 6.40. The van der Waals surface area contributed by atoms with Crippen molar-refractivity contribution in [3.05, 3.63) is 72.7 Å². The maximum absolute atomic E-state index is 9.57. The summed E-state index contributed by atoms with van der Waals surface area (Å²) < 4.78 is 7.18. The van der Waals surface area contributed by atoms with E-state index in [9.17, 15) is 15.2 Å². The minimum atomic E-state index is -2.79. The molecule has 3 atom stereocenters. The summed E-state index contributed by atoms with van der Waals surface area (Å²) in [5.41, 5.74) is 0. The van der Waals surface area contributed by atoms with E-state index in [-0.39, 0.29) is 29.6 Å². The minimum Gasteiger partial charge on any atom is -0.424 e. The van der Waals surface area contributed by atoms with E-state index in [1.54, 1.807) is 6.08 Å².